The van der Waals surface area contributed by atoms with Gasteiger partial charge in [-0.2, -0.15) is 0 Å². The van der Waals surface area contributed by atoms with Gasteiger partial charge in [-0.1, -0.05) is 11.8 Å². The van der Waals surface area contributed by atoms with Crippen LogP contribution in [0.4, 0.5) is 5.69 Å². The van der Waals surface area contributed by atoms with Gasteiger partial charge in [0.15, 0.2) is 0 Å². The molecular formula is C13H9NO5S. The number of benzene rings is 2. The van der Waals surface area contributed by atoms with Gasteiger partial charge in [-0.05, 0) is 30.3 Å². The van der Waals surface area contributed by atoms with Gasteiger partial charge < -0.3 is 10.2 Å². The first kappa shape index (κ1) is 13.9. The Labute approximate surface area is 117 Å². The highest BCUT2D eigenvalue weighted by atomic mass is 32.2. The first-order valence-corrected chi connectivity index (χ1v) is 6.27. The number of hydrogen-bond acceptors (Lipinski definition) is 5. The third kappa shape index (κ3) is 3.07. The van der Waals surface area contributed by atoms with E-state index in [0.717, 1.165) is 4.90 Å². The molecule has 0 spiro atoms. The minimum absolute atomic E-state index is 0.00807. The summed E-state index contributed by atoms with van der Waals surface area (Å²) in [5.74, 6) is -1.51. The summed E-state index contributed by atoms with van der Waals surface area (Å²) in [7, 11) is 0. The molecule has 0 aliphatic carbocycles. The fourth-order valence-electron chi connectivity index (χ4n) is 1.52. The molecule has 20 heavy (non-hydrogen) atoms. The third-order valence-electron chi connectivity index (χ3n) is 2.48. The van der Waals surface area contributed by atoms with E-state index >= 15 is 0 Å². The molecule has 7 heteroatoms. The number of nitro benzene ring substituents is 1. The van der Waals surface area contributed by atoms with E-state index in [1.54, 1.807) is 18.2 Å². The van der Waals surface area contributed by atoms with Gasteiger partial charge in [0.25, 0.3) is 5.69 Å². The molecule has 0 saturated heterocycles. The number of aromatic hydroxyl groups is 1. The Morgan fingerprint density at radius 2 is 1.70 bits per heavy atom. The predicted molar refractivity (Wildman–Crippen MR) is 72.3 cm³/mol. The Hall–Kier alpha value is -2.54. The largest absolute Gasteiger partial charge is 0.507 e. The second-order valence-corrected chi connectivity index (χ2v) is 4.98. The summed E-state index contributed by atoms with van der Waals surface area (Å²) < 4.78 is 0. The van der Waals surface area contributed by atoms with Gasteiger partial charge >= 0.3 is 5.97 Å². The average molecular weight is 291 g/mol. The monoisotopic (exact) mass is 291 g/mol. The van der Waals surface area contributed by atoms with Crippen LogP contribution >= 0.6 is 11.8 Å². The fourth-order valence-corrected chi connectivity index (χ4v) is 2.38. The van der Waals surface area contributed by atoms with E-state index in [1.807, 2.05) is 0 Å². The van der Waals surface area contributed by atoms with Crippen molar-refractivity contribution in [2.45, 2.75) is 9.79 Å². The van der Waals surface area contributed by atoms with Crippen LogP contribution in [0.1, 0.15) is 10.4 Å². The maximum absolute atomic E-state index is 10.9. The summed E-state index contributed by atoms with van der Waals surface area (Å²) in [4.78, 5) is 22.3. The summed E-state index contributed by atoms with van der Waals surface area (Å²) >= 11 is 1.25. The topological polar surface area (TPSA) is 101 Å². The Morgan fingerprint density at radius 3 is 2.25 bits per heavy atom. The van der Waals surface area contributed by atoms with Gasteiger partial charge in [-0.15, -0.1) is 0 Å². The zero-order valence-corrected chi connectivity index (χ0v) is 10.8. The van der Waals surface area contributed by atoms with Crippen LogP contribution in [0.25, 0.3) is 0 Å². The van der Waals surface area contributed by atoms with Crippen molar-refractivity contribution in [1.82, 2.24) is 0 Å². The molecule has 0 aliphatic heterocycles. The molecule has 6 nitrogen and oxygen atoms in total. The van der Waals surface area contributed by atoms with Crippen molar-refractivity contribution in [3.05, 3.63) is 58.1 Å². The Kier molecular flexibility index (Phi) is 3.90. The van der Waals surface area contributed by atoms with Crippen molar-refractivity contribution in [3.63, 3.8) is 0 Å². The molecule has 102 valence electrons. The fraction of sp³-hybridized carbons (Fsp3) is 0. The number of carbonyl (C=O) groups is 1. The van der Waals surface area contributed by atoms with Crippen LogP contribution in [-0.4, -0.2) is 21.1 Å². The van der Waals surface area contributed by atoms with E-state index in [9.17, 15) is 20.0 Å². The lowest BCUT2D eigenvalue weighted by Gasteiger charge is -2.04. The molecule has 2 aromatic carbocycles. The quantitative estimate of drug-likeness (QED) is 0.663. The number of carboxylic acid groups (broad SMARTS) is 1. The van der Waals surface area contributed by atoms with E-state index in [1.165, 1.54) is 36.0 Å². The van der Waals surface area contributed by atoms with Gasteiger partial charge in [-0.25, -0.2) is 4.79 Å². The number of phenols is 1. The molecule has 2 N–H and O–H groups in total. The minimum atomic E-state index is -1.21. The molecule has 0 radical (unpaired) electrons. The Bertz CT molecular complexity index is 669. The maximum atomic E-state index is 10.9. The lowest BCUT2D eigenvalue weighted by molar-refractivity contribution is -0.384. The highest BCUT2D eigenvalue weighted by molar-refractivity contribution is 7.99. The Morgan fingerprint density at radius 1 is 1.10 bits per heavy atom. The van der Waals surface area contributed by atoms with E-state index in [4.69, 9.17) is 5.11 Å². The van der Waals surface area contributed by atoms with Crippen molar-refractivity contribution >= 4 is 23.4 Å². The number of nitrogens with zero attached hydrogens (tertiary/aromatic N) is 1. The Balaban J connectivity index is 2.23. The SMILES string of the molecule is O=C(O)c1cc(Sc2ccc([N+](=O)[O-])cc2)ccc1O. The van der Waals surface area contributed by atoms with Crippen molar-refractivity contribution < 1.29 is 19.9 Å². The molecule has 0 aliphatic rings. The van der Waals surface area contributed by atoms with Gasteiger partial charge in [0.05, 0.1) is 4.92 Å². The normalized spacial score (nSPS) is 10.2. The van der Waals surface area contributed by atoms with Crippen LogP contribution in [-0.2, 0) is 0 Å². The molecule has 2 aromatic rings. The molecule has 0 amide bonds. The van der Waals surface area contributed by atoms with Crippen molar-refractivity contribution in [1.29, 1.82) is 0 Å². The van der Waals surface area contributed by atoms with E-state index in [0.29, 0.717) is 4.90 Å². The smallest absolute Gasteiger partial charge is 0.339 e. The van der Waals surface area contributed by atoms with Crippen LogP contribution in [0.15, 0.2) is 52.3 Å². The van der Waals surface area contributed by atoms with E-state index in [-0.39, 0.29) is 17.0 Å². The molecule has 0 fully saturated rings. The molecule has 2 rings (SSSR count). The molecule has 0 atom stereocenters. The summed E-state index contributed by atoms with van der Waals surface area (Å²) in [6.45, 7) is 0. The molecule has 0 unspecified atom stereocenters. The van der Waals surface area contributed by atoms with Crippen molar-refractivity contribution in [2.75, 3.05) is 0 Å². The third-order valence-corrected chi connectivity index (χ3v) is 3.48. The highest BCUT2D eigenvalue weighted by Gasteiger charge is 2.11. The molecular weight excluding hydrogens is 282 g/mol. The second-order valence-electron chi connectivity index (χ2n) is 3.84. The van der Waals surface area contributed by atoms with Crippen LogP contribution < -0.4 is 0 Å². The zero-order valence-electron chi connectivity index (χ0n) is 10.0. The first-order valence-electron chi connectivity index (χ1n) is 5.46. The number of hydrogen-bond donors (Lipinski definition) is 2. The molecule has 0 bridgehead atoms. The van der Waals surface area contributed by atoms with Crippen LogP contribution in [0.2, 0.25) is 0 Å². The number of aromatic carboxylic acids is 1. The van der Waals surface area contributed by atoms with Crippen molar-refractivity contribution in [2.24, 2.45) is 0 Å². The van der Waals surface area contributed by atoms with Gasteiger partial charge in [0, 0.05) is 21.9 Å². The summed E-state index contributed by atoms with van der Waals surface area (Å²) in [5.41, 5.74) is -0.191. The van der Waals surface area contributed by atoms with Crippen LogP contribution in [0.3, 0.4) is 0 Å². The molecule has 0 aromatic heterocycles. The van der Waals surface area contributed by atoms with Gasteiger partial charge in [-0.3, -0.25) is 10.1 Å². The summed E-state index contributed by atoms with van der Waals surface area (Å²) in [6.07, 6.45) is 0. The summed E-state index contributed by atoms with van der Waals surface area (Å²) in [6, 6.07) is 10.1. The lowest BCUT2D eigenvalue weighted by atomic mass is 10.2. The van der Waals surface area contributed by atoms with Gasteiger partial charge in [0.2, 0.25) is 0 Å². The number of rotatable bonds is 4. The van der Waals surface area contributed by atoms with Crippen LogP contribution in [0, 0.1) is 10.1 Å². The maximum Gasteiger partial charge on any atom is 0.339 e. The highest BCUT2D eigenvalue weighted by Crippen LogP contribution is 2.31. The number of carboxylic acids is 1. The van der Waals surface area contributed by atoms with Crippen molar-refractivity contribution in [3.8, 4) is 5.75 Å². The van der Waals surface area contributed by atoms with E-state index < -0.39 is 10.9 Å². The first-order chi connectivity index (χ1) is 9.47. The molecule has 0 heterocycles. The minimum Gasteiger partial charge on any atom is -0.507 e. The number of non-ortho nitro benzene ring substituents is 1. The predicted octanol–water partition coefficient (Wildman–Crippen LogP) is 3.15. The number of nitro groups is 1. The second kappa shape index (κ2) is 5.62. The zero-order chi connectivity index (χ0) is 14.7. The average Bonchev–Trinajstić information content (AvgIpc) is 2.41. The lowest BCUT2D eigenvalue weighted by Crippen LogP contribution is -1.96. The van der Waals surface area contributed by atoms with Gasteiger partial charge in [0.1, 0.15) is 11.3 Å². The van der Waals surface area contributed by atoms with Crippen LogP contribution in [0.5, 0.6) is 5.75 Å². The summed E-state index contributed by atoms with van der Waals surface area (Å²) in [5, 5.41) is 28.8. The standard InChI is InChI=1S/C13H9NO5S/c15-12-6-5-10(7-11(12)13(16)17)20-9-3-1-8(2-4-9)14(18)19/h1-7,15H,(H,16,17). The van der Waals surface area contributed by atoms with E-state index in [2.05, 4.69) is 0 Å². The molecule has 0 saturated carbocycles.